The molecule has 1 aliphatic heterocycles. The number of para-hydroxylation sites is 1. The van der Waals surface area contributed by atoms with Crippen LogP contribution in [0.3, 0.4) is 0 Å². The lowest BCUT2D eigenvalue weighted by Gasteiger charge is -2.20. The van der Waals surface area contributed by atoms with Gasteiger partial charge in [0.1, 0.15) is 0 Å². The number of nitrogens with zero attached hydrogens (tertiary/aromatic N) is 2. The average Bonchev–Trinajstić information content (AvgIpc) is 2.94. The van der Waals surface area contributed by atoms with E-state index in [1.165, 1.54) is 0 Å². The van der Waals surface area contributed by atoms with Crippen molar-refractivity contribution in [2.75, 3.05) is 25.1 Å². The second-order valence-electron chi connectivity index (χ2n) is 4.94. The molecule has 1 aromatic carbocycles. The van der Waals surface area contributed by atoms with Gasteiger partial charge in [0.25, 0.3) is 0 Å². The molecule has 0 spiro atoms. The minimum atomic E-state index is -1.00. The van der Waals surface area contributed by atoms with Crippen molar-refractivity contribution in [1.82, 2.24) is 4.98 Å². The standard InChI is InChI=1S/C15H16N2O3/c1-20-10-6-7-17(9-10)14-8-13(15(18)19)16-12-5-3-2-4-11(12)14/h2-5,8,10H,6-7,9H2,1H3,(H,18,19). The number of fused-ring (bicyclic) bond motifs is 1. The summed E-state index contributed by atoms with van der Waals surface area (Å²) in [5, 5.41) is 10.2. The van der Waals surface area contributed by atoms with Crippen LogP contribution in [0.5, 0.6) is 0 Å². The van der Waals surface area contributed by atoms with Crippen LogP contribution in [-0.4, -0.2) is 42.4 Å². The van der Waals surface area contributed by atoms with Crippen LogP contribution >= 0.6 is 0 Å². The summed E-state index contributed by atoms with van der Waals surface area (Å²) < 4.78 is 5.38. The molecule has 2 aromatic rings. The number of hydrogen-bond donors (Lipinski definition) is 1. The maximum Gasteiger partial charge on any atom is 0.354 e. The number of carboxylic acids is 1. The van der Waals surface area contributed by atoms with Gasteiger partial charge in [0.05, 0.1) is 11.6 Å². The minimum Gasteiger partial charge on any atom is -0.477 e. The first kappa shape index (κ1) is 12.9. The van der Waals surface area contributed by atoms with Crippen molar-refractivity contribution in [2.24, 2.45) is 0 Å². The second kappa shape index (κ2) is 5.09. The first-order valence-electron chi connectivity index (χ1n) is 6.60. The monoisotopic (exact) mass is 272 g/mol. The molecule has 1 N–H and O–H groups in total. The molecule has 5 nitrogen and oxygen atoms in total. The zero-order chi connectivity index (χ0) is 14.1. The van der Waals surface area contributed by atoms with Crippen molar-refractivity contribution < 1.29 is 14.6 Å². The number of ether oxygens (including phenoxy) is 1. The van der Waals surface area contributed by atoms with Crippen LogP contribution in [0.2, 0.25) is 0 Å². The lowest BCUT2D eigenvalue weighted by molar-refractivity contribution is 0.0691. The Labute approximate surface area is 116 Å². The van der Waals surface area contributed by atoms with Crippen LogP contribution in [0.25, 0.3) is 10.9 Å². The van der Waals surface area contributed by atoms with E-state index in [0.717, 1.165) is 30.6 Å². The summed E-state index contributed by atoms with van der Waals surface area (Å²) >= 11 is 0. The maximum absolute atomic E-state index is 11.2. The van der Waals surface area contributed by atoms with Gasteiger partial charge in [-0.15, -0.1) is 0 Å². The largest absolute Gasteiger partial charge is 0.477 e. The van der Waals surface area contributed by atoms with E-state index in [2.05, 4.69) is 9.88 Å². The number of carboxylic acid groups (broad SMARTS) is 1. The summed E-state index contributed by atoms with van der Waals surface area (Å²) in [6.07, 6.45) is 1.16. The fraction of sp³-hybridized carbons (Fsp3) is 0.333. The third kappa shape index (κ3) is 2.20. The van der Waals surface area contributed by atoms with E-state index in [9.17, 15) is 9.90 Å². The van der Waals surface area contributed by atoms with Gasteiger partial charge in [-0.2, -0.15) is 0 Å². The lowest BCUT2D eigenvalue weighted by Crippen LogP contribution is -2.23. The molecule has 1 fully saturated rings. The van der Waals surface area contributed by atoms with E-state index in [1.54, 1.807) is 13.2 Å². The predicted molar refractivity (Wildman–Crippen MR) is 76.3 cm³/mol. The van der Waals surface area contributed by atoms with Crippen molar-refractivity contribution in [3.8, 4) is 0 Å². The third-order valence-electron chi connectivity index (χ3n) is 3.73. The Bertz CT molecular complexity index is 657. The number of carbonyl (C=O) groups is 1. The number of anilines is 1. The van der Waals surface area contributed by atoms with Crippen LogP contribution in [0, 0.1) is 0 Å². The van der Waals surface area contributed by atoms with E-state index in [1.807, 2.05) is 24.3 Å². The number of benzene rings is 1. The molecular weight excluding hydrogens is 256 g/mol. The van der Waals surface area contributed by atoms with Crippen molar-refractivity contribution in [1.29, 1.82) is 0 Å². The average molecular weight is 272 g/mol. The molecule has 0 amide bonds. The Morgan fingerprint density at radius 1 is 1.45 bits per heavy atom. The topological polar surface area (TPSA) is 62.7 Å². The van der Waals surface area contributed by atoms with Gasteiger partial charge in [-0.3, -0.25) is 0 Å². The quantitative estimate of drug-likeness (QED) is 0.927. The van der Waals surface area contributed by atoms with Crippen LogP contribution in [0.15, 0.2) is 30.3 Å². The molecule has 20 heavy (non-hydrogen) atoms. The first-order chi connectivity index (χ1) is 9.69. The van der Waals surface area contributed by atoms with Crippen molar-refractivity contribution >= 4 is 22.6 Å². The number of aromatic carboxylic acids is 1. The van der Waals surface area contributed by atoms with E-state index in [-0.39, 0.29) is 11.8 Å². The van der Waals surface area contributed by atoms with Gasteiger partial charge in [-0.1, -0.05) is 18.2 Å². The maximum atomic E-state index is 11.2. The Morgan fingerprint density at radius 2 is 2.25 bits per heavy atom. The minimum absolute atomic E-state index is 0.0829. The summed E-state index contributed by atoms with van der Waals surface area (Å²) in [6.45, 7) is 1.65. The molecule has 0 saturated carbocycles. The Morgan fingerprint density at radius 3 is 2.95 bits per heavy atom. The smallest absolute Gasteiger partial charge is 0.354 e. The summed E-state index contributed by atoms with van der Waals surface area (Å²) in [5.41, 5.74) is 1.72. The molecule has 1 unspecified atom stereocenters. The second-order valence-corrected chi connectivity index (χ2v) is 4.94. The van der Waals surface area contributed by atoms with Crippen molar-refractivity contribution in [2.45, 2.75) is 12.5 Å². The molecule has 1 aromatic heterocycles. The predicted octanol–water partition coefficient (Wildman–Crippen LogP) is 2.16. The van der Waals surface area contributed by atoms with E-state index in [4.69, 9.17) is 4.74 Å². The van der Waals surface area contributed by atoms with Gasteiger partial charge in [-0.25, -0.2) is 9.78 Å². The first-order valence-corrected chi connectivity index (χ1v) is 6.60. The highest BCUT2D eigenvalue weighted by molar-refractivity contribution is 5.97. The summed E-state index contributed by atoms with van der Waals surface area (Å²) in [4.78, 5) is 17.6. The number of methoxy groups -OCH3 is 1. The van der Waals surface area contributed by atoms with Crippen LogP contribution in [0.1, 0.15) is 16.9 Å². The summed E-state index contributed by atoms with van der Waals surface area (Å²) in [5.74, 6) is -1.00. The highest BCUT2D eigenvalue weighted by atomic mass is 16.5. The highest BCUT2D eigenvalue weighted by Gasteiger charge is 2.24. The van der Waals surface area contributed by atoms with Crippen molar-refractivity contribution in [3.63, 3.8) is 0 Å². The molecule has 1 atom stereocenters. The fourth-order valence-corrected chi connectivity index (χ4v) is 2.67. The van der Waals surface area contributed by atoms with Gasteiger partial charge in [0, 0.05) is 31.3 Å². The summed E-state index contributed by atoms with van der Waals surface area (Å²) in [7, 11) is 1.71. The van der Waals surface area contributed by atoms with Gasteiger partial charge >= 0.3 is 5.97 Å². The number of aromatic nitrogens is 1. The number of rotatable bonds is 3. The van der Waals surface area contributed by atoms with Gasteiger partial charge < -0.3 is 14.7 Å². The van der Waals surface area contributed by atoms with E-state index in [0.29, 0.717) is 5.52 Å². The van der Waals surface area contributed by atoms with Gasteiger partial charge in [-0.05, 0) is 18.6 Å². The zero-order valence-corrected chi connectivity index (χ0v) is 11.2. The SMILES string of the molecule is COC1CCN(c2cc(C(=O)O)nc3ccccc23)C1. The van der Waals surface area contributed by atoms with Gasteiger partial charge in [0.15, 0.2) is 5.69 Å². The van der Waals surface area contributed by atoms with Crippen LogP contribution in [-0.2, 0) is 4.74 Å². The number of hydrogen-bond acceptors (Lipinski definition) is 4. The lowest BCUT2D eigenvalue weighted by atomic mass is 10.1. The van der Waals surface area contributed by atoms with Crippen LogP contribution in [0.4, 0.5) is 5.69 Å². The molecule has 1 aliphatic rings. The molecule has 0 bridgehead atoms. The molecule has 0 aliphatic carbocycles. The molecule has 104 valence electrons. The molecule has 0 radical (unpaired) electrons. The van der Waals surface area contributed by atoms with Crippen LogP contribution < -0.4 is 4.90 Å². The van der Waals surface area contributed by atoms with Crippen molar-refractivity contribution in [3.05, 3.63) is 36.0 Å². The zero-order valence-electron chi connectivity index (χ0n) is 11.2. The molecule has 2 heterocycles. The Kier molecular flexibility index (Phi) is 3.28. The van der Waals surface area contributed by atoms with E-state index < -0.39 is 5.97 Å². The fourth-order valence-electron chi connectivity index (χ4n) is 2.67. The normalized spacial score (nSPS) is 18.6. The molecule has 1 saturated heterocycles. The van der Waals surface area contributed by atoms with E-state index >= 15 is 0 Å². The molecule has 5 heteroatoms. The highest BCUT2D eigenvalue weighted by Crippen LogP contribution is 2.30. The Balaban J connectivity index is 2.10. The number of pyridine rings is 1. The Hall–Kier alpha value is -2.14. The molecular formula is C15H16N2O3. The molecule has 3 rings (SSSR count). The summed E-state index contributed by atoms with van der Waals surface area (Å²) in [6, 6.07) is 9.28. The van der Waals surface area contributed by atoms with Gasteiger partial charge in [0.2, 0.25) is 0 Å². The third-order valence-corrected chi connectivity index (χ3v) is 3.73.